The van der Waals surface area contributed by atoms with Crippen molar-refractivity contribution in [3.63, 3.8) is 0 Å². The average Bonchev–Trinajstić information content (AvgIpc) is 1.98. The molecule has 0 aliphatic heterocycles. The maximum absolute atomic E-state index is 11.6. The Morgan fingerprint density at radius 2 is 2.08 bits per heavy atom. The summed E-state index contributed by atoms with van der Waals surface area (Å²) in [5.74, 6) is 1.10. The highest BCUT2D eigenvalue weighted by molar-refractivity contribution is 5.83. The van der Waals surface area contributed by atoms with Gasteiger partial charge in [0.25, 0.3) is 0 Å². The van der Waals surface area contributed by atoms with Crippen LogP contribution in [-0.4, -0.2) is 31.3 Å². The molecule has 2 atom stereocenters. The predicted molar refractivity (Wildman–Crippen MR) is 50.1 cm³/mol. The summed E-state index contributed by atoms with van der Waals surface area (Å²) < 4.78 is 0. The van der Waals surface area contributed by atoms with E-state index in [2.05, 4.69) is 11.8 Å². The predicted octanol–water partition coefficient (Wildman–Crippen LogP) is 1.55. The van der Waals surface area contributed by atoms with Gasteiger partial charge in [0, 0.05) is 18.4 Å². The monoisotopic (exact) mass is 169 g/mol. The van der Waals surface area contributed by atoms with Crippen LogP contribution in [-0.2, 0) is 4.79 Å². The Morgan fingerprint density at radius 1 is 1.42 bits per heavy atom. The van der Waals surface area contributed by atoms with E-state index in [-0.39, 0.29) is 0 Å². The van der Waals surface area contributed by atoms with Gasteiger partial charge in [-0.05, 0) is 26.9 Å². The summed E-state index contributed by atoms with van der Waals surface area (Å²) in [6.45, 7) is 2.99. The maximum atomic E-state index is 11.6. The molecule has 70 valence electrons. The number of rotatable bonds is 2. The maximum Gasteiger partial charge on any atom is 0.140 e. The van der Waals surface area contributed by atoms with Crippen molar-refractivity contribution in [1.82, 2.24) is 4.90 Å². The largest absolute Gasteiger partial charge is 0.309 e. The van der Waals surface area contributed by atoms with Crippen LogP contribution < -0.4 is 0 Å². The van der Waals surface area contributed by atoms with E-state index in [1.54, 1.807) is 0 Å². The van der Waals surface area contributed by atoms with Crippen LogP contribution in [0.25, 0.3) is 0 Å². The zero-order chi connectivity index (χ0) is 9.14. The summed E-state index contributed by atoms with van der Waals surface area (Å²) in [6, 6.07) is 0. The summed E-state index contributed by atoms with van der Waals surface area (Å²) in [6.07, 6.45) is 3.43. The summed E-state index contributed by atoms with van der Waals surface area (Å²) in [5, 5.41) is 0. The molecule has 1 aliphatic rings. The van der Waals surface area contributed by atoms with Crippen LogP contribution in [0.15, 0.2) is 0 Å². The Bertz CT molecular complexity index is 165. The van der Waals surface area contributed by atoms with Crippen molar-refractivity contribution in [2.75, 3.05) is 20.6 Å². The number of carbonyl (C=O) groups excluding carboxylic acids is 1. The van der Waals surface area contributed by atoms with Crippen LogP contribution in [0.3, 0.4) is 0 Å². The van der Waals surface area contributed by atoms with E-state index < -0.39 is 0 Å². The van der Waals surface area contributed by atoms with E-state index in [0.29, 0.717) is 17.6 Å². The van der Waals surface area contributed by atoms with Gasteiger partial charge >= 0.3 is 0 Å². The van der Waals surface area contributed by atoms with Gasteiger partial charge in [-0.3, -0.25) is 4.79 Å². The fourth-order valence-corrected chi connectivity index (χ4v) is 1.98. The molecule has 0 amide bonds. The minimum absolute atomic E-state index is 0.309. The van der Waals surface area contributed by atoms with E-state index in [4.69, 9.17) is 0 Å². The van der Waals surface area contributed by atoms with Crippen molar-refractivity contribution in [3.8, 4) is 0 Å². The number of nitrogens with zero attached hydrogens (tertiary/aromatic N) is 1. The lowest BCUT2D eigenvalue weighted by molar-refractivity contribution is -0.129. The zero-order valence-electron chi connectivity index (χ0n) is 8.34. The molecule has 1 saturated carbocycles. The highest BCUT2D eigenvalue weighted by Crippen LogP contribution is 2.25. The molecule has 2 heteroatoms. The van der Waals surface area contributed by atoms with Gasteiger partial charge < -0.3 is 4.90 Å². The standard InChI is InChI=1S/C10H19NO/c1-8-5-4-6-9(10(8)12)7-11(2)3/h8-9H,4-7H2,1-3H3. The quantitative estimate of drug-likeness (QED) is 0.625. The minimum atomic E-state index is 0.309. The fourth-order valence-electron chi connectivity index (χ4n) is 1.98. The van der Waals surface area contributed by atoms with E-state index in [0.717, 1.165) is 19.4 Å². The average molecular weight is 169 g/mol. The van der Waals surface area contributed by atoms with Crippen LogP contribution in [0, 0.1) is 11.8 Å². The third-order valence-electron chi connectivity index (χ3n) is 2.66. The van der Waals surface area contributed by atoms with Crippen molar-refractivity contribution in [2.24, 2.45) is 11.8 Å². The van der Waals surface area contributed by atoms with Gasteiger partial charge in [-0.25, -0.2) is 0 Å². The molecule has 0 radical (unpaired) electrons. The van der Waals surface area contributed by atoms with Gasteiger partial charge in [0.1, 0.15) is 5.78 Å². The zero-order valence-corrected chi connectivity index (χ0v) is 8.34. The molecule has 0 aromatic rings. The van der Waals surface area contributed by atoms with Gasteiger partial charge in [-0.1, -0.05) is 13.3 Å². The van der Waals surface area contributed by atoms with Crippen molar-refractivity contribution in [1.29, 1.82) is 0 Å². The van der Waals surface area contributed by atoms with Gasteiger partial charge in [-0.15, -0.1) is 0 Å². The van der Waals surface area contributed by atoms with E-state index in [1.807, 2.05) is 14.1 Å². The van der Waals surface area contributed by atoms with E-state index >= 15 is 0 Å². The molecule has 0 aromatic heterocycles. The smallest absolute Gasteiger partial charge is 0.140 e. The molecule has 1 fully saturated rings. The Kier molecular flexibility index (Phi) is 3.27. The summed E-state index contributed by atoms with van der Waals surface area (Å²) >= 11 is 0. The molecule has 2 nitrogen and oxygen atoms in total. The molecule has 0 bridgehead atoms. The number of Topliss-reactive ketones (excluding diaryl/α,β-unsaturated/α-hetero) is 1. The Balaban J connectivity index is 2.46. The van der Waals surface area contributed by atoms with Crippen LogP contribution in [0.2, 0.25) is 0 Å². The molecule has 1 aliphatic carbocycles. The highest BCUT2D eigenvalue weighted by Gasteiger charge is 2.27. The third-order valence-corrected chi connectivity index (χ3v) is 2.66. The summed E-state index contributed by atoms with van der Waals surface area (Å²) in [4.78, 5) is 13.7. The molecule has 0 spiro atoms. The molecular weight excluding hydrogens is 150 g/mol. The van der Waals surface area contributed by atoms with Crippen molar-refractivity contribution >= 4 is 5.78 Å². The van der Waals surface area contributed by atoms with Crippen LogP contribution in [0.4, 0.5) is 0 Å². The first kappa shape index (κ1) is 9.72. The van der Waals surface area contributed by atoms with Crippen molar-refractivity contribution in [2.45, 2.75) is 26.2 Å². The van der Waals surface area contributed by atoms with Gasteiger partial charge in [0.15, 0.2) is 0 Å². The highest BCUT2D eigenvalue weighted by atomic mass is 16.1. The third kappa shape index (κ3) is 2.31. The molecule has 2 unspecified atom stereocenters. The van der Waals surface area contributed by atoms with Gasteiger partial charge in [0.05, 0.1) is 0 Å². The van der Waals surface area contributed by atoms with Crippen LogP contribution in [0.1, 0.15) is 26.2 Å². The second-order valence-electron chi connectivity index (χ2n) is 4.19. The summed E-state index contributed by atoms with van der Waals surface area (Å²) in [7, 11) is 4.07. The van der Waals surface area contributed by atoms with Gasteiger partial charge in [0.2, 0.25) is 0 Å². The van der Waals surface area contributed by atoms with E-state index in [9.17, 15) is 4.79 Å². The number of hydrogen-bond donors (Lipinski definition) is 0. The van der Waals surface area contributed by atoms with Crippen molar-refractivity contribution in [3.05, 3.63) is 0 Å². The lowest BCUT2D eigenvalue weighted by Crippen LogP contribution is -2.34. The molecule has 0 aromatic carbocycles. The first-order chi connectivity index (χ1) is 5.61. The molecular formula is C10H19NO. The Labute approximate surface area is 74.9 Å². The molecule has 1 rings (SSSR count). The molecule has 0 saturated heterocycles. The lowest BCUT2D eigenvalue weighted by Gasteiger charge is -2.27. The minimum Gasteiger partial charge on any atom is -0.309 e. The second-order valence-corrected chi connectivity index (χ2v) is 4.19. The van der Waals surface area contributed by atoms with Gasteiger partial charge in [-0.2, -0.15) is 0 Å². The van der Waals surface area contributed by atoms with E-state index in [1.165, 1.54) is 6.42 Å². The molecule has 0 N–H and O–H groups in total. The molecule has 0 heterocycles. The number of hydrogen-bond acceptors (Lipinski definition) is 2. The first-order valence-electron chi connectivity index (χ1n) is 4.79. The first-order valence-corrected chi connectivity index (χ1v) is 4.79. The fraction of sp³-hybridized carbons (Fsp3) is 0.900. The SMILES string of the molecule is CC1CCCC(CN(C)C)C1=O. The number of carbonyl (C=O) groups is 1. The molecule has 12 heavy (non-hydrogen) atoms. The van der Waals surface area contributed by atoms with Crippen molar-refractivity contribution < 1.29 is 4.79 Å². The lowest BCUT2D eigenvalue weighted by atomic mass is 9.81. The topological polar surface area (TPSA) is 20.3 Å². The Morgan fingerprint density at radius 3 is 2.67 bits per heavy atom. The summed E-state index contributed by atoms with van der Waals surface area (Å²) in [5.41, 5.74) is 0. The Hall–Kier alpha value is -0.370. The van der Waals surface area contributed by atoms with Crippen LogP contribution in [0.5, 0.6) is 0 Å². The normalized spacial score (nSPS) is 31.2. The number of ketones is 1. The second kappa shape index (κ2) is 4.04. The van der Waals surface area contributed by atoms with Crippen LogP contribution >= 0.6 is 0 Å².